The Labute approximate surface area is 109 Å². The van der Waals surface area contributed by atoms with E-state index in [1.54, 1.807) is 42.6 Å². The van der Waals surface area contributed by atoms with Gasteiger partial charge >= 0.3 is 5.97 Å². The Balaban J connectivity index is 2.00. The first-order valence-corrected chi connectivity index (χ1v) is 5.56. The van der Waals surface area contributed by atoms with Crippen molar-refractivity contribution in [2.45, 2.75) is 0 Å². The van der Waals surface area contributed by atoms with Gasteiger partial charge in [0.2, 0.25) is 0 Å². The second kappa shape index (κ2) is 5.68. The molecule has 19 heavy (non-hydrogen) atoms. The predicted molar refractivity (Wildman–Crippen MR) is 72.7 cm³/mol. The summed E-state index contributed by atoms with van der Waals surface area (Å²) in [5.41, 5.74) is 4.44. The van der Waals surface area contributed by atoms with Gasteiger partial charge in [0.15, 0.2) is 0 Å². The number of anilines is 1. The molecule has 2 rings (SSSR count). The van der Waals surface area contributed by atoms with Gasteiger partial charge in [-0.3, -0.25) is 5.43 Å². The maximum Gasteiger partial charge on any atom is 0.335 e. The van der Waals surface area contributed by atoms with E-state index in [0.29, 0.717) is 5.69 Å². The lowest BCUT2D eigenvalue weighted by Crippen LogP contribution is -1.96. The number of aromatic carboxylic acids is 1. The molecule has 96 valence electrons. The summed E-state index contributed by atoms with van der Waals surface area (Å²) in [7, 11) is 0. The molecule has 0 fully saturated rings. The van der Waals surface area contributed by atoms with E-state index < -0.39 is 5.97 Å². The van der Waals surface area contributed by atoms with Crippen molar-refractivity contribution in [3.8, 4) is 5.75 Å². The topological polar surface area (TPSA) is 81.9 Å². The molecule has 0 radical (unpaired) electrons. The smallest absolute Gasteiger partial charge is 0.335 e. The SMILES string of the molecule is O=C(O)c1ccc(N/N=C/c2cccc(O)c2)cc1. The predicted octanol–water partition coefficient (Wildman–Crippen LogP) is 2.54. The van der Waals surface area contributed by atoms with Crippen LogP contribution in [-0.2, 0) is 0 Å². The quantitative estimate of drug-likeness (QED) is 0.580. The molecular formula is C14H12N2O3. The molecule has 0 saturated carbocycles. The lowest BCUT2D eigenvalue weighted by atomic mass is 10.2. The van der Waals surface area contributed by atoms with Crippen LogP contribution in [0.4, 0.5) is 5.69 Å². The first-order chi connectivity index (χ1) is 9.15. The fourth-order valence-electron chi connectivity index (χ4n) is 1.47. The van der Waals surface area contributed by atoms with Gasteiger partial charge in [0.25, 0.3) is 0 Å². The summed E-state index contributed by atoms with van der Waals surface area (Å²) in [6.45, 7) is 0. The van der Waals surface area contributed by atoms with E-state index in [1.807, 2.05) is 0 Å². The van der Waals surface area contributed by atoms with Crippen LogP contribution in [0.5, 0.6) is 5.75 Å². The molecule has 5 nitrogen and oxygen atoms in total. The minimum Gasteiger partial charge on any atom is -0.508 e. The number of nitrogens with one attached hydrogen (secondary N) is 1. The molecular weight excluding hydrogens is 244 g/mol. The van der Waals surface area contributed by atoms with Gasteiger partial charge in [0.05, 0.1) is 17.5 Å². The molecule has 0 saturated heterocycles. The highest BCUT2D eigenvalue weighted by atomic mass is 16.4. The molecule has 0 unspecified atom stereocenters. The first-order valence-electron chi connectivity index (χ1n) is 5.56. The van der Waals surface area contributed by atoms with Crippen molar-refractivity contribution >= 4 is 17.9 Å². The van der Waals surface area contributed by atoms with Crippen LogP contribution in [0, 0.1) is 0 Å². The van der Waals surface area contributed by atoms with E-state index in [2.05, 4.69) is 10.5 Å². The molecule has 0 heterocycles. The third kappa shape index (κ3) is 3.57. The molecule has 0 spiro atoms. The Morgan fingerprint density at radius 2 is 1.89 bits per heavy atom. The Morgan fingerprint density at radius 3 is 2.53 bits per heavy atom. The number of hydrogen-bond donors (Lipinski definition) is 3. The van der Waals surface area contributed by atoms with E-state index in [9.17, 15) is 9.90 Å². The molecule has 0 aliphatic carbocycles. The maximum absolute atomic E-state index is 10.7. The molecule has 0 bridgehead atoms. The number of benzene rings is 2. The summed E-state index contributed by atoms with van der Waals surface area (Å²) in [6.07, 6.45) is 1.56. The van der Waals surface area contributed by atoms with E-state index >= 15 is 0 Å². The number of hydrogen-bond acceptors (Lipinski definition) is 4. The maximum atomic E-state index is 10.7. The van der Waals surface area contributed by atoms with Gasteiger partial charge in [-0.05, 0) is 42.0 Å². The average molecular weight is 256 g/mol. The Kier molecular flexibility index (Phi) is 3.78. The standard InChI is InChI=1S/C14H12N2O3/c17-13-3-1-2-10(8-13)9-15-16-12-6-4-11(5-7-12)14(18)19/h1-9,16-17H,(H,18,19)/b15-9+. The lowest BCUT2D eigenvalue weighted by Gasteiger charge is -2.00. The summed E-state index contributed by atoms with van der Waals surface area (Å²) in [4.78, 5) is 10.7. The van der Waals surface area contributed by atoms with Crippen LogP contribution in [0.1, 0.15) is 15.9 Å². The number of hydrazone groups is 1. The Hall–Kier alpha value is -2.82. The fourth-order valence-corrected chi connectivity index (χ4v) is 1.47. The van der Waals surface area contributed by atoms with Crippen LogP contribution < -0.4 is 5.43 Å². The summed E-state index contributed by atoms with van der Waals surface area (Å²) >= 11 is 0. The van der Waals surface area contributed by atoms with Crippen LogP contribution in [0.15, 0.2) is 53.6 Å². The normalized spacial score (nSPS) is 10.5. The van der Waals surface area contributed by atoms with Crippen LogP contribution in [0.25, 0.3) is 0 Å². The first kappa shape index (κ1) is 12.6. The molecule has 3 N–H and O–H groups in total. The van der Waals surface area contributed by atoms with Crippen LogP contribution in [-0.4, -0.2) is 22.4 Å². The van der Waals surface area contributed by atoms with E-state index in [4.69, 9.17) is 5.11 Å². The second-order valence-electron chi connectivity index (χ2n) is 3.85. The number of carbonyl (C=O) groups is 1. The molecule has 0 amide bonds. The van der Waals surface area contributed by atoms with Crippen LogP contribution >= 0.6 is 0 Å². The molecule has 0 aliphatic rings. The minimum atomic E-state index is -0.963. The highest BCUT2D eigenvalue weighted by Gasteiger charge is 2.00. The number of nitrogens with zero attached hydrogens (tertiary/aromatic N) is 1. The average Bonchev–Trinajstić information content (AvgIpc) is 2.39. The molecule has 2 aromatic rings. The third-order valence-electron chi connectivity index (χ3n) is 2.41. The highest BCUT2D eigenvalue weighted by Crippen LogP contribution is 2.11. The van der Waals surface area contributed by atoms with Crippen molar-refractivity contribution in [3.63, 3.8) is 0 Å². The van der Waals surface area contributed by atoms with Crippen molar-refractivity contribution < 1.29 is 15.0 Å². The molecule has 5 heteroatoms. The van der Waals surface area contributed by atoms with Crippen LogP contribution in [0.3, 0.4) is 0 Å². The number of aromatic hydroxyl groups is 1. The number of rotatable bonds is 4. The van der Waals surface area contributed by atoms with Gasteiger partial charge in [0, 0.05) is 0 Å². The Morgan fingerprint density at radius 1 is 1.16 bits per heavy atom. The van der Waals surface area contributed by atoms with Gasteiger partial charge in [0.1, 0.15) is 5.75 Å². The van der Waals surface area contributed by atoms with E-state index in [0.717, 1.165) is 5.56 Å². The zero-order valence-corrected chi connectivity index (χ0v) is 9.95. The zero-order chi connectivity index (χ0) is 13.7. The Bertz CT molecular complexity index is 606. The van der Waals surface area contributed by atoms with Gasteiger partial charge in [-0.25, -0.2) is 4.79 Å². The zero-order valence-electron chi connectivity index (χ0n) is 9.95. The number of phenols is 1. The van der Waals surface area contributed by atoms with Crippen molar-refractivity contribution in [3.05, 3.63) is 59.7 Å². The molecule has 0 atom stereocenters. The van der Waals surface area contributed by atoms with Crippen molar-refractivity contribution in [1.82, 2.24) is 0 Å². The lowest BCUT2D eigenvalue weighted by molar-refractivity contribution is 0.0697. The second-order valence-corrected chi connectivity index (χ2v) is 3.85. The molecule has 0 aliphatic heterocycles. The van der Waals surface area contributed by atoms with E-state index in [1.165, 1.54) is 12.1 Å². The van der Waals surface area contributed by atoms with Gasteiger partial charge in [-0.2, -0.15) is 5.10 Å². The van der Waals surface area contributed by atoms with Gasteiger partial charge < -0.3 is 10.2 Å². The highest BCUT2D eigenvalue weighted by molar-refractivity contribution is 5.88. The van der Waals surface area contributed by atoms with Crippen molar-refractivity contribution in [1.29, 1.82) is 0 Å². The minimum absolute atomic E-state index is 0.176. The summed E-state index contributed by atoms with van der Waals surface area (Å²) in [5, 5.41) is 22.0. The number of carboxylic acids is 1. The van der Waals surface area contributed by atoms with E-state index in [-0.39, 0.29) is 11.3 Å². The summed E-state index contributed by atoms with van der Waals surface area (Å²) < 4.78 is 0. The monoisotopic (exact) mass is 256 g/mol. The largest absolute Gasteiger partial charge is 0.508 e. The van der Waals surface area contributed by atoms with Gasteiger partial charge in [-0.15, -0.1) is 0 Å². The van der Waals surface area contributed by atoms with Crippen molar-refractivity contribution in [2.24, 2.45) is 5.10 Å². The number of phenolic OH excluding ortho intramolecular Hbond substituents is 1. The number of carboxylic acid groups (broad SMARTS) is 1. The molecule has 0 aromatic heterocycles. The van der Waals surface area contributed by atoms with Gasteiger partial charge in [-0.1, -0.05) is 12.1 Å². The van der Waals surface area contributed by atoms with Crippen LogP contribution in [0.2, 0.25) is 0 Å². The third-order valence-corrected chi connectivity index (χ3v) is 2.41. The molecule has 2 aromatic carbocycles. The fraction of sp³-hybridized carbons (Fsp3) is 0. The summed E-state index contributed by atoms with van der Waals surface area (Å²) in [6, 6.07) is 12.9. The summed E-state index contributed by atoms with van der Waals surface area (Å²) in [5.74, 6) is -0.787. The van der Waals surface area contributed by atoms with Crippen molar-refractivity contribution in [2.75, 3.05) is 5.43 Å².